The number of carbonyl (C=O) groups is 1. The van der Waals surface area contributed by atoms with Crippen molar-refractivity contribution in [1.82, 2.24) is 5.32 Å². The topological polar surface area (TPSA) is 38.3 Å². The quantitative estimate of drug-likeness (QED) is 0.769. The lowest BCUT2D eigenvalue weighted by Crippen LogP contribution is -2.39. The molecule has 26 heavy (non-hydrogen) atoms. The molecule has 2 aromatic rings. The maximum Gasteiger partial charge on any atom is 0.261 e. The number of benzene rings is 2. The van der Waals surface area contributed by atoms with E-state index in [4.69, 9.17) is 4.74 Å². The van der Waals surface area contributed by atoms with E-state index in [-0.39, 0.29) is 11.9 Å². The van der Waals surface area contributed by atoms with E-state index in [1.54, 1.807) is 0 Å². The maximum absolute atomic E-state index is 12.8. The Bertz CT molecular complexity index is 775. The summed E-state index contributed by atoms with van der Waals surface area (Å²) < 4.78 is 5.98. The molecule has 0 heterocycles. The van der Waals surface area contributed by atoms with Gasteiger partial charge in [-0.15, -0.1) is 0 Å². The molecule has 1 N–H and O–H groups in total. The van der Waals surface area contributed by atoms with Gasteiger partial charge in [-0.1, -0.05) is 25.1 Å². The van der Waals surface area contributed by atoms with Crippen LogP contribution in [0.5, 0.6) is 5.75 Å². The predicted molar refractivity (Wildman–Crippen MR) is 108 cm³/mol. The summed E-state index contributed by atoms with van der Waals surface area (Å²) in [6.07, 6.45) is 0.128. The van der Waals surface area contributed by atoms with Crippen LogP contribution >= 0.6 is 0 Å². The number of amides is 1. The van der Waals surface area contributed by atoms with Crippen molar-refractivity contribution >= 4 is 5.91 Å². The van der Waals surface area contributed by atoms with Crippen molar-refractivity contribution in [3.63, 3.8) is 0 Å². The second-order valence-electron chi connectivity index (χ2n) is 7.36. The number of ether oxygens (including phenoxy) is 1. The first kappa shape index (κ1) is 20.0. The van der Waals surface area contributed by atoms with Crippen molar-refractivity contribution in [2.75, 3.05) is 0 Å². The van der Waals surface area contributed by atoms with Gasteiger partial charge in [-0.25, -0.2) is 0 Å². The summed E-state index contributed by atoms with van der Waals surface area (Å²) in [6, 6.07) is 10.3. The molecule has 0 spiro atoms. The third kappa shape index (κ3) is 4.87. The lowest BCUT2D eigenvalue weighted by Gasteiger charge is -2.23. The first-order valence-corrected chi connectivity index (χ1v) is 9.34. The maximum atomic E-state index is 12.8. The Morgan fingerprint density at radius 3 is 2.08 bits per heavy atom. The molecule has 0 aliphatic heterocycles. The van der Waals surface area contributed by atoms with Crippen molar-refractivity contribution in [1.29, 1.82) is 0 Å². The van der Waals surface area contributed by atoms with Crippen molar-refractivity contribution in [2.45, 2.75) is 67.0 Å². The highest BCUT2D eigenvalue weighted by molar-refractivity contribution is 5.81. The van der Waals surface area contributed by atoms with Crippen LogP contribution in [-0.4, -0.2) is 12.0 Å². The van der Waals surface area contributed by atoms with Crippen LogP contribution in [0.4, 0.5) is 0 Å². The highest BCUT2D eigenvalue weighted by Gasteiger charge is 2.21. The Morgan fingerprint density at radius 2 is 1.50 bits per heavy atom. The SMILES string of the molecule is CC[C@H](Oc1cc(C)cc(C)c1)C(=O)N[C@H](C)c1cc(C)c(C)cc1C. The molecule has 0 saturated carbocycles. The Morgan fingerprint density at radius 1 is 0.923 bits per heavy atom. The van der Waals surface area contributed by atoms with Crippen LogP contribution in [0.2, 0.25) is 0 Å². The van der Waals surface area contributed by atoms with Gasteiger partial charge in [-0.3, -0.25) is 4.79 Å². The van der Waals surface area contributed by atoms with Crippen LogP contribution in [-0.2, 0) is 4.79 Å². The van der Waals surface area contributed by atoms with Gasteiger partial charge < -0.3 is 10.1 Å². The van der Waals surface area contributed by atoms with E-state index in [2.05, 4.69) is 44.3 Å². The fourth-order valence-corrected chi connectivity index (χ4v) is 3.32. The van der Waals surface area contributed by atoms with Crippen LogP contribution in [0.15, 0.2) is 30.3 Å². The monoisotopic (exact) mass is 353 g/mol. The van der Waals surface area contributed by atoms with Gasteiger partial charge in [0.25, 0.3) is 5.91 Å². The molecule has 3 nitrogen and oxygen atoms in total. The van der Waals surface area contributed by atoms with Crippen molar-refractivity contribution < 1.29 is 9.53 Å². The molecule has 0 aliphatic carbocycles. The number of hydrogen-bond acceptors (Lipinski definition) is 2. The molecular formula is C23H31NO2. The normalized spacial score (nSPS) is 13.2. The van der Waals surface area contributed by atoms with Gasteiger partial charge in [0.1, 0.15) is 5.75 Å². The van der Waals surface area contributed by atoms with E-state index < -0.39 is 6.10 Å². The third-order valence-corrected chi connectivity index (χ3v) is 4.84. The first-order valence-electron chi connectivity index (χ1n) is 9.34. The van der Waals surface area contributed by atoms with Crippen LogP contribution in [0, 0.1) is 34.6 Å². The second kappa shape index (κ2) is 8.39. The third-order valence-electron chi connectivity index (χ3n) is 4.84. The zero-order valence-corrected chi connectivity index (χ0v) is 17.1. The fraction of sp³-hybridized carbons (Fsp3) is 0.435. The molecule has 0 aromatic heterocycles. The number of carbonyl (C=O) groups excluding carboxylic acids is 1. The fourth-order valence-electron chi connectivity index (χ4n) is 3.32. The standard InChI is InChI=1S/C23H31NO2/c1-8-22(26-20-10-14(2)9-15(3)11-20)23(25)24-19(7)21-13-17(5)16(4)12-18(21)6/h9-13,19,22H,8H2,1-7H3,(H,24,25)/t19-,22+/m1/s1. The zero-order chi connectivity index (χ0) is 19.4. The molecule has 1 amide bonds. The smallest absolute Gasteiger partial charge is 0.261 e. The Hall–Kier alpha value is -2.29. The Kier molecular flexibility index (Phi) is 6.47. The number of aryl methyl sites for hydroxylation is 5. The second-order valence-corrected chi connectivity index (χ2v) is 7.36. The molecule has 2 rings (SSSR count). The molecule has 0 aliphatic rings. The van der Waals surface area contributed by atoms with Gasteiger partial charge in [-0.2, -0.15) is 0 Å². The number of hydrogen-bond donors (Lipinski definition) is 1. The minimum absolute atomic E-state index is 0.0568. The molecular weight excluding hydrogens is 322 g/mol. The number of rotatable bonds is 6. The molecule has 0 radical (unpaired) electrons. The zero-order valence-electron chi connectivity index (χ0n) is 17.1. The lowest BCUT2D eigenvalue weighted by atomic mass is 9.96. The van der Waals surface area contributed by atoms with E-state index in [1.165, 1.54) is 16.7 Å². The van der Waals surface area contributed by atoms with Crippen molar-refractivity contribution in [3.05, 3.63) is 63.7 Å². The molecule has 3 heteroatoms. The van der Waals surface area contributed by atoms with Gasteiger partial charge >= 0.3 is 0 Å². The molecule has 0 saturated heterocycles. The molecule has 140 valence electrons. The van der Waals surface area contributed by atoms with E-state index in [0.29, 0.717) is 6.42 Å². The van der Waals surface area contributed by atoms with Crippen molar-refractivity contribution in [2.24, 2.45) is 0 Å². The minimum atomic E-state index is -0.495. The van der Waals surface area contributed by atoms with Crippen LogP contribution in [0.3, 0.4) is 0 Å². The van der Waals surface area contributed by atoms with E-state index in [9.17, 15) is 4.79 Å². The predicted octanol–water partition coefficient (Wildman–Crippen LogP) is 5.26. The van der Waals surface area contributed by atoms with E-state index in [0.717, 1.165) is 22.4 Å². The van der Waals surface area contributed by atoms with Gasteiger partial charge in [0, 0.05) is 0 Å². The summed E-state index contributed by atoms with van der Waals surface area (Å²) in [5.74, 6) is 0.677. The first-order chi connectivity index (χ1) is 12.2. The molecule has 0 fully saturated rings. The van der Waals surface area contributed by atoms with Gasteiger partial charge in [0.15, 0.2) is 6.10 Å². The van der Waals surface area contributed by atoms with Crippen molar-refractivity contribution in [3.8, 4) is 5.75 Å². The summed E-state index contributed by atoms with van der Waals surface area (Å²) in [7, 11) is 0. The van der Waals surface area contributed by atoms with Gasteiger partial charge in [0.05, 0.1) is 6.04 Å². The highest BCUT2D eigenvalue weighted by Crippen LogP contribution is 2.23. The minimum Gasteiger partial charge on any atom is -0.481 e. The molecule has 2 atom stereocenters. The van der Waals surface area contributed by atoms with E-state index >= 15 is 0 Å². The number of nitrogens with one attached hydrogen (secondary N) is 1. The van der Waals surface area contributed by atoms with Gasteiger partial charge in [-0.05, 0) is 93.5 Å². The Balaban J connectivity index is 2.12. The van der Waals surface area contributed by atoms with Crippen LogP contribution in [0.25, 0.3) is 0 Å². The summed E-state index contributed by atoms with van der Waals surface area (Å²) >= 11 is 0. The Labute approximate surface area is 157 Å². The molecule has 2 aromatic carbocycles. The van der Waals surface area contributed by atoms with E-state index in [1.807, 2.05) is 39.8 Å². The van der Waals surface area contributed by atoms with Crippen LogP contribution < -0.4 is 10.1 Å². The van der Waals surface area contributed by atoms with Crippen LogP contribution in [0.1, 0.15) is 59.7 Å². The van der Waals surface area contributed by atoms with Gasteiger partial charge in [0.2, 0.25) is 0 Å². The average Bonchev–Trinajstić information content (AvgIpc) is 2.54. The molecule has 0 bridgehead atoms. The summed E-state index contributed by atoms with van der Waals surface area (Å²) in [6.45, 7) is 14.4. The lowest BCUT2D eigenvalue weighted by molar-refractivity contribution is -0.128. The summed E-state index contributed by atoms with van der Waals surface area (Å²) in [5, 5.41) is 3.12. The largest absolute Gasteiger partial charge is 0.481 e. The summed E-state index contributed by atoms with van der Waals surface area (Å²) in [5.41, 5.74) is 7.13. The molecule has 0 unspecified atom stereocenters. The highest BCUT2D eigenvalue weighted by atomic mass is 16.5. The average molecular weight is 354 g/mol. The summed E-state index contributed by atoms with van der Waals surface area (Å²) in [4.78, 5) is 12.8.